The van der Waals surface area contributed by atoms with Gasteiger partial charge < -0.3 is 28.4 Å². The topological polar surface area (TPSA) is 124 Å². The molecular formula is C37H36ClFN2O9S. The molecule has 0 radical (unpaired) electrons. The van der Waals surface area contributed by atoms with Gasteiger partial charge in [0.15, 0.2) is 34.4 Å². The molecule has 0 aliphatic carbocycles. The van der Waals surface area contributed by atoms with Crippen LogP contribution in [0.25, 0.3) is 6.08 Å². The molecule has 0 unspecified atom stereocenters. The zero-order chi connectivity index (χ0) is 36.7. The fraction of sp³-hybridized carbons (Fsp3) is 0.297. The van der Waals surface area contributed by atoms with E-state index >= 15 is 0 Å². The highest BCUT2D eigenvalue weighted by atomic mass is 35.5. The monoisotopic (exact) mass is 738 g/mol. The number of methoxy groups -OCH3 is 1. The third kappa shape index (κ3) is 8.43. The van der Waals surface area contributed by atoms with Crippen LogP contribution in [-0.4, -0.2) is 50.0 Å². The smallest absolute Gasteiger partial charge is 0.343 e. The minimum Gasteiger partial charge on any atom is -0.490 e. The zero-order valence-corrected chi connectivity index (χ0v) is 30.2. The number of esters is 2. The van der Waals surface area contributed by atoms with Gasteiger partial charge in [0.1, 0.15) is 12.4 Å². The number of fused-ring (bicyclic) bond motifs is 1. The summed E-state index contributed by atoms with van der Waals surface area (Å²) in [5.41, 5.74) is 1.84. The summed E-state index contributed by atoms with van der Waals surface area (Å²) in [7, 11) is 1.26. The Morgan fingerprint density at radius 3 is 2.43 bits per heavy atom. The highest BCUT2D eigenvalue weighted by Crippen LogP contribution is 2.38. The normalized spacial score (nSPS) is 14.0. The van der Waals surface area contributed by atoms with E-state index in [2.05, 4.69) is 9.73 Å². The van der Waals surface area contributed by atoms with Gasteiger partial charge in [-0.05, 0) is 86.9 Å². The van der Waals surface area contributed by atoms with Gasteiger partial charge in [0.2, 0.25) is 0 Å². The van der Waals surface area contributed by atoms with Crippen molar-refractivity contribution in [2.75, 3.05) is 33.5 Å². The summed E-state index contributed by atoms with van der Waals surface area (Å²) in [5.74, 6) is -0.371. The molecule has 5 rings (SSSR count). The lowest BCUT2D eigenvalue weighted by atomic mass is 9.95. The number of halogens is 2. The molecule has 0 saturated heterocycles. The molecule has 4 aromatic rings. The average molecular weight is 739 g/mol. The van der Waals surface area contributed by atoms with Crippen molar-refractivity contribution in [3.8, 4) is 23.0 Å². The van der Waals surface area contributed by atoms with Crippen molar-refractivity contribution >= 4 is 41.0 Å². The van der Waals surface area contributed by atoms with Gasteiger partial charge in [-0.2, -0.15) is 0 Å². The van der Waals surface area contributed by atoms with Crippen LogP contribution in [0, 0.1) is 5.82 Å². The van der Waals surface area contributed by atoms with Crippen molar-refractivity contribution in [2.24, 2.45) is 4.99 Å². The summed E-state index contributed by atoms with van der Waals surface area (Å²) in [6.45, 7) is 7.40. The van der Waals surface area contributed by atoms with Gasteiger partial charge in [0, 0.05) is 0 Å². The molecule has 0 fully saturated rings. The quantitative estimate of drug-likeness (QED) is 0.154. The van der Waals surface area contributed by atoms with E-state index in [0.29, 0.717) is 49.8 Å². The van der Waals surface area contributed by atoms with Gasteiger partial charge in [0.25, 0.3) is 5.56 Å². The number of rotatable bonds is 14. The Hall–Kier alpha value is -5.14. The lowest BCUT2D eigenvalue weighted by Crippen LogP contribution is -2.40. The van der Waals surface area contributed by atoms with Gasteiger partial charge in [-0.25, -0.2) is 19.0 Å². The molecule has 268 valence electrons. The number of carbonyl (C=O) groups excluding carboxylic acids is 2. The number of carbonyl (C=O) groups is 2. The number of ether oxygens (including phenoxy) is 6. The molecule has 51 heavy (non-hydrogen) atoms. The average Bonchev–Trinajstić information content (AvgIpc) is 3.40. The van der Waals surface area contributed by atoms with Crippen LogP contribution in [0.15, 0.2) is 75.7 Å². The Labute approximate surface area is 302 Å². The molecule has 3 aromatic carbocycles. The Bertz CT molecular complexity index is 2160. The Morgan fingerprint density at radius 1 is 0.961 bits per heavy atom. The second-order valence-corrected chi connectivity index (χ2v) is 12.4. The lowest BCUT2D eigenvalue weighted by Gasteiger charge is -2.25. The molecule has 1 atom stereocenters. The van der Waals surface area contributed by atoms with Gasteiger partial charge in [-0.1, -0.05) is 41.1 Å². The fourth-order valence-electron chi connectivity index (χ4n) is 5.39. The number of nitrogens with zero attached hydrogens (tertiary/aromatic N) is 2. The van der Waals surface area contributed by atoms with E-state index in [0.717, 1.165) is 11.3 Å². The first kappa shape index (κ1) is 37.1. The predicted molar refractivity (Wildman–Crippen MR) is 189 cm³/mol. The molecular weight excluding hydrogens is 703 g/mol. The first-order valence-electron chi connectivity index (χ1n) is 16.1. The largest absolute Gasteiger partial charge is 0.490 e. The summed E-state index contributed by atoms with van der Waals surface area (Å²) < 4.78 is 48.8. The predicted octanol–water partition coefficient (Wildman–Crippen LogP) is 5.52. The van der Waals surface area contributed by atoms with E-state index in [4.69, 9.17) is 35.3 Å². The van der Waals surface area contributed by atoms with Crippen LogP contribution >= 0.6 is 22.9 Å². The van der Waals surface area contributed by atoms with Crippen LogP contribution in [0.3, 0.4) is 0 Å². The molecule has 0 amide bonds. The maximum absolute atomic E-state index is 14.3. The summed E-state index contributed by atoms with van der Waals surface area (Å²) in [6.07, 6.45) is 1.66. The first-order chi connectivity index (χ1) is 24.6. The number of aromatic nitrogens is 1. The van der Waals surface area contributed by atoms with E-state index < -0.39 is 23.5 Å². The Morgan fingerprint density at radius 2 is 1.73 bits per heavy atom. The van der Waals surface area contributed by atoms with E-state index in [1.165, 1.54) is 23.8 Å². The van der Waals surface area contributed by atoms with Crippen molar-refractivity contribution in [3.63, 3.8) is 0 Å². The van der Waals surface area contributed by atoms with Gasteiger partial charge in [0.05, 0.1) is 53.8 Å². The molecule has 2 heterocycles. The number of hydrogen-bond donors (Lipinski definition) is 0. The summed E-state index contributed by atoms with van der Waals surface area (Å²) in [4.78, 5) is 44.4. The van der Waals surface area contributed by atoms with Crippen LogP contribution in [0.2, 0.25) is 5.02 Å². The number of benzene rings is 3. The summed E-state index contributed by atoms with van der Waals surface area (Å²) in [6, 6.07) is 13.4. The maximum Gasteiger partial charge on any atom is 0.343 e. The second kappa shape index (κ2) is 16.7. The van der Waals surface area contributed by atoms with Crippen LogP contribution in [0.5, 0.6) is 23.0 Å². The number of thiazole rings is 1. The van der Waals surface area contributed by atoms with E-state index in [1.54, 1.807) is 69.3 Å². The second-order valence-electron chi connectivity index (χ2n) is 11.0. The highest BCUT2D eigenvalue weighted by Gasteiger charge is 2.34. The third-order valence-electron chi connectivity index (χ3n) is 7.58. The van der Waals surface area contributed by atoms with Crippen LogP contribution in [-0.2, 0) is 25.7 Å². The standard InChI is InChI=1S/C37H36ClFN2O9S/c1-6-46-28-18-24(12-13-27(28)49-20-31(42)45-5)33-32(36(44)48-8-3)21(4)40-37-41(33)35(43)30(51-37)17-23-15-26(38)34(29(16-23)47-7-2)50-19-22-10-9-11-25(39)14-22/h9-18,33H,6-8,19-20H2,1-5H3/b30-17-/t33-/m1/s1. The molecule has 0 N–H and O–H groups in total. The SMILES string of the molecule is CCOC(=O)C1=C(C)N=c2s/c(=C\c3cc(Cl)c(OCc4cccc(F)c4)c(OCC)c3)c(=O)n2[C@@H]1c1ccc(OCC(=O)OC)c(OCC)c1. The summed E-state index contributed by atoms with van der Waals surface area (Å²) >= 11 is 7.82. The van der Waals surface area contributed by atoms with Crippen molar-refractivity contribution < 1.29 is 42.4 Å². The zero-order valence-electron chi connectivity index (χ0n) is 28.6. The molecule has 11 nitrogen and oxygen atoms in total. The summed E-state index contributed by atoms with van der Waals surface area (Å²) in [5, 5.41) is 0.229. The van der Waals surface area contributed by atoms with Gasteiger partial charge in [-0.3, -0.25) is 9.36 Å². The first-order valence-corrected chi connectivity index (χ1v) is 17.3. The van der Waals surface area contributed by atoms with Crippen LogP contribution in [0.1, 0.15) is 50.4 Å². The molecule has 1 aromatic heterocycles. The van der Waals surface area contributed by atoms with Crippen molar-refractivity contribution in [1.29, 1.82) is 0 Å². The molecule has 0 saturated carbocycles. The van der Waals surface area contributed by atoms with Crippen molar-refractivity contribution in [1.82, 2.24) is 4.57 Å². The van der Waals surface area contributed by atoms with Crippen molar-refractivity contribution in [2.45, 2.75) is 40.3 Å². The number of allylic oxidation sites excluding steroid dienone is 1. The minimum atomic E-state index is -0.933. The Kier molecular flexibility index (Phi) is 12.2. The number of hydrogen-bond acceptors (Lipinski definition) is 11. The minimum absolute atomic E-state index is 0.0566. The van der Waals surface area contributed by atoms with E-state index in [-0.39, 0.29) is 54.3 Å². The van der Waals surface area contributed by atoms with Crippen LogP contribution < -0.4 is 33.8 Å². The van der Waals surface area contributed by atoms with E-state index in [1.807, 2.05) is 6.92 Å². The van der Waals surface area contributed by atoms with Crippen LogP contribution in [0.4, 0.5) is 4.39 Å². The molecule has 1 aliphatic rings. The van der Waals surface area contributed by atoms with Gasteiger partial charge in [-0.15, -0.1) is 0 Å². The Balaban J connectivity index is 1.60. The molecule has 14 heteroatoms. The highest BCUT2D eigenvalue weighted by molar-refractivity contribution is 7.07. The van der Waals surface area contributed by atoms with E-state index in [9.17, 15) is 18.8 Å². The molecule has 0 spiro atoms. The van der Waals surface area contributed by atoms with Crippen molar-refractivity contribution in [3.05, 3.63) is 113 Å². The third-order valence-corrected chi connectivity index (χ3v) is 8.84. The van der Waals surface area contributed by atoms with Gasteiger partial charge >= 0.3 is 11.9 Å². The lowest BCUT2D eigenvalue weighted by molar-refractivity contribution is -0.143. The maximum atomic E-state index is 14.3. The fourth-order valence-corrected chi connectivity index (χ4v) is 6.71. The molecule has 0 bridgehead atoms. The molecule has 1 aliphatic heterocycles.